The molecule has 2 rings (SSSR count). The van der Waals surface area contributed by atoms with E-state index in [0.29, 0.717) is 12.6 Å². The first kappa shape index (κ1) is 8.97. The van der Waals surface area contributed by atoms with Crippen LogP contribution in [0.3, 0.4) is 0 Å². The smallest absolute Gasteiger partial charge is 0.236 e. The minimum atomic E-state index is 0.268. The molecule has 0 aromatic heterocycles. The average molecular weight is 183 g/mol. The number of nitrogens with one attached hydrogen (secondary N) is 1. The van der Waals surface area contributed by atoms with Crippen LogP contribution in [0.1, 0.15) is 6.42 Å². The summed E-state index contributed by atoms with van der Waals surface area (Å²) in [5.74, 6) is 0.268. The highest BCUT2D eigenvalue weighted by Gasteiger charge is 2.28. The monoisotopic (exact) mass is 183 g/mol. The second-order valence-corrected chi connectivity index (χ2v) is 3.95. The van der Waals surface area contributed by atoms with Gasteiger partial charge in [0.2, 0.25) is 5.91 Å². The van der Waals surface area contributed by atoms with Gasteiger partial charge in [-0.3, -0.25) is 9.69 Å². The lowest BCUT2D eigenvalue weighted by molar-refractivity contribution is -0.130. The Balaban J connectivity index is 1.93. The number of amides is 1. The van der Waals surface area contributed by atoms with Gasteiger partial charge in [-0.2, -0.15) is 0 Å². The van der Waals surface area contributed by atoms with Crippen LogP contribution in [0.25, 0.3) is 0 Å². The van der Waals surface area contributed by atoms with E-state index in [1.54, 1.807) is 0 Å². The number of likely N-dealkylation sites (N-methyl/N-ethyl adjacent to an activating group) is 1. The van der Waals surface area contributed by atoms with Crippen LogP contribution < -0.4 is 5.32 Å². The normalized spacial score (nSPS) is 27.2. The molecule has 13 heavy (non-hydrogen) atoms. The van der Waals surface area contributed by atoms with Crippen molar-refractivity contribution in [1.82, 2.24) is 15.1 Å². The molecular weight excluding hydrogens is 166 g/mol. The summed E-state index contributed by atoms with van der Waals surface area (Å²) < 4.78 is 0. The highest BCUT2D eigenvalue weighted by Crippen LogP contribution is 2.09. The summed E-state index contributed by atoms with van der Waals surface area (Å²) in [4.78, 5) is 15.7. The van der Waals surface area contributed by atoms with E-state index in [4.69, 9.17) is 0 Å². The summed E-state index contributed by atoms with van der Waals surface area (Å²) in [5, 5.41) is 3.24. The van der Waals surface area contributed by atoms with Gasteiger partial charge in [0.25, 0.3) is 0 Å². The number of carbonyl (C=O) groups is 1. The van der Waals surface area contributed by atoms with Crippen molar-refractivity contribution >= 4 is 5.91 Å². The summed E-state index contributed by atoms with van der Waals surface area (Å²) in [7, 11) is 1.89. The molecule has 0 saturated carbocycles. The van der Waals surface area contributed by atoms with Gasteiger partial charge >= 0.3 is 0 Å². The molecule has 2 heterocycles. The molecule has 0 atom stereocenters. The van der Waals surface area contributed by atoms with E-state index in [2.05, 4.69) is 10.2 Å². The first-order valence-corrected chi connectivity index (χ1v) is 4.96. The number of hydrogen-bond donors (Lipinski definition) is 1. The molecule has 0 spiro atoms. The molecule has 2 fully saturated rings. The van der Waals surface area contributed by atoms with Crippen LogP contribution in [-0.2, 0) is 4.79 Å². The summed E-state index contributed by atoms with van der Waals surface area (Å²) in [6, 6.07) is 0.607. The van der Waals surface area contributed by atoms with Gasteiger partial charge in [0.1, 0.15) is 0 Å². The quantitative estimate of drug-likeness (QED) is 0.573. The second-order valence-electron chi connectivity index (χ2n) is 3.95. The van der Waals surface area contributed by atoms with Crippen molar-refractivity contribution in [1.29, 1.82) is 0 Å². The van der Waals surface area contributed by atoms with Gasteiger partial charge in [-0.25, -0.2) is 0 Å². The zero-order valence-corrected chi connectivity index (χ0v) is 8.12. The number of carbonyl (C=O) groups excluding carboxylic acids is 1. The Bertz CT molecular complexity index is 203. The van der Waals surface area contributed by atoms with Crippen molar-refractivity contribution < 1.29 is 4.79 Å². The van der Waals surface area contributed by atoms with E-state index in [1.165, 1.54) is 0 Å². The van der Waals surface area contributed by atoms with E-state index in [1.807, 2.05) is 11.9 Å². The molecule has 2 saturated heterocycles. The van der Waals surface area contributed by atoms with Crippen LogP contribution in [0, 0.1) is 0 Å². The molecular formula is C9H17N3O. The molecule has 0 unspecified atom stereocenters. The fourth-order valence-electron chi connectivity index (χ4n) is 1.85. The molecule has 2 aliphatic rings. The van der Waals surface area contributed by atoms with Gasteiger partial charge in [-0.05, 0) is 6.42 Å². The van der Waals surface area contributed by atoms with Crippen molar-refractivity contribution in [3.63, 3.8) is 0 Å². The van der Waals surface area contributed by atoms with Gasteiger partial charge in [-0.1, -0.05) is 0 Å². The molecule has 1 N–H and O–H groups in total. The lowest BCUT2D eigenvalue weighted by atomic mass is 10.1. The maximum atomic E-state index is 11.5. The molecule has 0 aromatic rings. The van der Waals surface area contributed by atoms with E-state index < -0.39 is 0 Å². The maximum absolute atomic E-state index is 11.5. The molecule has 0 aliphatic carbocycles. The minimum Gasteiger partial charge on any atom is -0.345 e. The first-order valence-electron chi connectivity index (χ1n) is 4.96. The first-order chi connectivity index (χ1) is 6.27. The standard InChI is InChI=1S/C9H17N3O/c1-11-3-2-4-12(7-9(11)13)8-5-10-6-8/h8,10H,2-7H2,1H3. The predicted molar refractivity (Wildman–Crippen MR) is 50.5 cm³/mol. The van der Waals surface area contributed by atoms with Crippen molar-refractivity contribution in [3.05, 3.63) is 0 Å². The van der Waals surface area contributed by atoms with E-state index >= 15 is 0 Å². The van der Waals surface area contributed by atoms with Crippen LogP contribution in [0.2, 0.25) is 0 Å². The molecule has 1 amide bonds. The van der Waals surface area contributed by atoms with Gasteiger partial charge in [0, 0.05) is 39.3 Å². The Hall–Kier alpha value is -0.610. The van der Waals surface area contributed by atoms with E-state index in [0.717, 1.165) is 32.6 Å². The molecule has 4 nitrogen and oxygen atoms in total. The van der Waals surface area contributed by atoms with Crippen LogP contribution in [0.15, 0.2) is 0 Å². The SMILES string of the molecule is CN1CCCN(C2CNC2)CC1=O. The predicted octanol–water partition coefficient (Wildman–Crippen LogP) is -0.878. The summed E-state index contributed by atoms with van der Waals surface area (Å²) >= 11 is 0. The van der Waals surface area contributed by atoms with Crippen LogP contribution in [0.5, 0.6) is 0 Å². The lowest BCUT2D eigenvalue weighted by Crippen LogP contribution is -2.58. The van der Waals surface area contributed by atoms with Crippen molar-refractivity contribution in [3.8, 4) is 0 Å². The molecule has 0 bridgehead atoms. The average Bonchev–Trinajstić information content (AvgIpc) is 2.12. The van der Waals surface area contributed by atoms with Crippen molar-refractivity contribution in [2.24, 2.45) is 0 Å². The minimum absolute atomic E-state index is 0.268. The van der Waals surface area contributed by atoms with Crippen LogP contribution in [-0.4, -0.2) is 61.5 Å². The fourth-order valence-corrected chi connectivity index (χ4v) is 1.85. The van der Waals surface area contributed by atoms with E-state index in [-0.39, 0.29) is 5.91 Å². The number of rotatable bonds is 1. The third-order valence-electron chi connectivity index (χ3n) is 2.98. The third-order valence-corrected chi connectivity index (χ3v) is 2.98. The third kappa shape index (κ3) is 1.84. The van der Waals surface area contributed by atoms with Crippen LogP contribution >= 0.6 is 0 Å². The summed E-state index contributed by atoms with van der Waals surface area (Å²) in [5.41, 5.74) is 0. The summed E-state index contributed by atoms with van der Waals surface area (Å²) in [6.07, 6.45) is 1.11. The molecule has 2 aliphatic heterocycles. The molecule has 4 heteroatoms. The highest BCUT2D eigenvalue weighted by molar-refractivity contribution is 5.78. The number of nitrogens with zero attached hydrogens (tertiary/aromatic N) is 2. The molecule has 0 aromatic carbocycles. The lowest BCUT2D eigenvalue weighted by Gasteiger charge is -2.36. The number of hydrogen-bond acceptors (Lipinski definition) is 3. The van der Waals surface area contributed by atoms with Gasteiger partial charge in [0.15, 0.2) is 0 Å². The second kappa shape index (κ2) is 3.64. The Kier molecular flexibility index (Phi) is 2.51. The fraction of sp³-hybridized carbons (Fsp3) is 0.889. The largest absolute Gasteiger partial charge is 0.345 e. The zero-order chi connectivity index (χ0) is 9.26. The van der Waals surface area contributed by atoms with Crippen molar-refractivity contribution in [2.75, 3.05) is 39.8 Å². The Morgan fingerprint density at radius 2 is 2.15 bits per heavy atom. The highest BCUT2D eigenvalue weighted by atomic mass is 16.2. The molecule has 0 radical (unpaired) electrons. The Morgan fingerprint density at radius 1 is 1.38 bits per heavy atom. The summed E-state index contributed by atoms with van der Waals surface area (Å²) in [6.45, 7) is 4.70. The van der Waals surface area contributed by atoms with Crippen molar-refractivity contribution in [2.45, 2.75) is 12.5 Å². The Morgan fingerprint density at radius 3 is 2.77 bits per heavy atom. The van der Waals surface area contributed by atoms with Gasteiger partial charge in [0.05, 0.1) is 6.54 Å². The molecule has 74 valence electrons. The van der Waals surface area contributed by atoms with Gasteiger partial charge < -0.3 is 10.2 Å². The maximum Gasteiger partial charge on any atom is 0.236 e. The van der Waals surface area contributed by atoms with Crippen LogP contribution in [0.4, 0.5) is 0 Å². The zero-order valence-electron chi connectivity index (χ0n) is 8.12. The Labute approximate surface area is 78.9 Å². The van der Waals surface area contributed by atoms with E-state index in [9.17, 15) is 4.79 Å². The van der Waals surface area contributed by atoms with Gasteiger partial charge in [-0.15, -0.1) is 0 Å². The topological polar surface area (TPSA) is 35.6 Å².